The zero-order valence-corrected chi connectivity index (χ0v) is 10.0. The summed E-state index contributed by atoms with van der Waals surface area (Å²) in [4.78, 5) is 42.4. The van der Waals surface area contributed by atoms with Crippen LogP contribution in [0.15, 0.2) is 16.1 Å². The van der Waals surface area contributed by atoms with E-state index in [-0.39, 0.29) is 5.56 Å². The number of carbonyl (C=O) groups is 2. The topological polar surface area (TPSA) is 116 Å². The lowest BCUT2D eigenvalue weighted by Gasteiger charge is -2.05. The summed E-state index contributed by atoms with van der Waals surface area (Å²) in [6.07, 6.45) is 1.19. The Hall–Kier alpha value is -1.87. The number of hydrogen-bond acceptors (Lipinski definition) is 6. The molecule has 0 aromatic carbocycles. The first kappa shape index (κ1) is 12.6. The fourth-order valence-electron chi connectivity index (χ4n) is 1.40. The maximum absolute atomic E-state index is 11.9. The molecule has 2 rings (SSSR count). The molecular formula is C9H10N4O4S. The molecule has 96 valence electrons. The summed E-state index contributed by atoms with van der Waals surface area (Å²) in [5, 5.41) is 0.592. The summed E-state index contributed by atoms with van der Waals surface area (Å²) < 4.78 is 1.42. The van der Waals surface area contributed by atoms with Crippen molar-refractivity contribution in [2.45, 2.75) is 11.7 Å². The number of primary amides is 1. The highest BCUT2D eigenvalue weighted by Gasteiger charge is 2.19. The van der Waals surface area contributed by atoms with E-state index in [1.54, 1.807) is 0 Å². The van der Waals surface area contributed by atoms with Crippen molar-refractivity contribution in [1.29, 1.82) is 0 Å². The Morgan fingerprint density at radius 3 is 3.11 bits per heavy atom. The van der Waals surface area contributed by atoms with Gasteiger partial charge in [-0.2, -0.15) is 0 Å². The van der Waals surface area contributed by atoms with Crippen LogP contribution >= 0.6 is 11.8 Å². The van der Waals surface area contributed by atoms with Gasteiger partial charge in [0.2, 0.25) is 5.91 Å². The summed E-state index contributed by atoms with van der Waals surface area (Å²) >= 11 is 1.45. The molecule has 1 aromatic heterocycles. The number of nitrogens with two attached hydrogens (primary N) is 1. The van der Waals surface area contributed by atoms with E-state index < -0.39 is 24.0 Å². The second-order valence-electron chi connectivity index (χ2n) is 3.45. The van der Waals surface area contributed by atoms with Gasteiger partial charge in [0.15, 0.2) is 11.8 Å². The second kappa shape index (κ2) is 5.19. The van der Waals surface area contributed by atoms with Crippen molar-refractivity contribution in [3.63, 3.8) is 0 Å². The van der Waals surface area contributed by atoms with Crippen LogP contribution in [0.3, 0.4) is 0 Å². The van der Waals surface area contributed by atoms with Crippen LogP contribution in [0.4, 0.5) is 0 Å². The number of thioether (sulfide) groups is 1. The highest BCUT2D eigenvalue weighted by atomic mass is 32.2. The number of aromatic nitrogens is 2. The molecule has 0 spiro atoms. The monoisotopic (exact) mass is 270 g/mol. The predicted octanol–water partition coefficient (Wildman–Crippen LogP) is -1.50. The normalized spacial score (nSPS) is 13.1. The molecule has 18 heavy (non-hydrogen) atoms. The average Bonchev–Trinajstić information content (AvgIpc) is 2.77. The summed E-state index contributed by atoms with van der Waals surface area (Å²) in [6.45, 7) is 0.0659. The third kappa shape index (κ3) is 2.51. The summed E-state index contributed by atoms with van der Waals surface area (Å²) in [5.74, 6) is -0.720. The molecule has 0 saturated carbocycles. The van der Waals surface area contributed by atoms with Crippen LogP contribution in [-0.4, -0.2) is 33.7 Å². The van der Waals surface area contributed by atoms with Gasteiger partial charge in [-0.1, -0.05) is 11.8 Å². The molecule has 0 saturated heterocycles. The van der Waals surface area contributed by atoms with Gasteiger partial charge in [0.25, 0.3) is 11.5 Å². The van der Waals surface area contributed by atoms with Gasteiger partial charge in [-0.25, -0.2) is 10.5 Å². The molecule has 1 aromatic rings. The molecule has 8 nitrogen and oxygen atoms in total. The smallest absolute Gasteiger partial charge is 0.282 e. The maximum Gasteiger partial charge on any atom is 0.282 e. The molecule has 0 unspecified atom stereocenters. The van der Waals surface area contributed by atoms with E-state index in [2.05, 4.69) is 9.82 Å². The Bertz CT molecular complexity index is 556. The molecule has 1 aliphatic rings. The molecule has 0 atom stereocenters. The van der Waals surface area contributed by atoms with Crippen LogP contribution < -0.4 is 16.8 Å². The van der Waals surface area contributed by atoms with Crippen molar-refractivity contribution in [3.8, 4) is 0 Å². The van der Waals surface area contributed by atoms with E-state index in [0.29, 0.717) is 11.7 Å². The van der Waals surface area contributed by atoms with Crippen molar-refractivity contribution in [1.82, 2.24) is 15.0 Å². The maximum atomic E-state index is 11.9. The van der Waals surface area contributed by atoms with E-state index >= 15 is 0 Å². The van der Waals surface area contributed by atoms with Crippen LogP contribution in [0.5, 0.6) is 0 Å². The molecule has 9 heteroatoms. The number of rotatable bonds is 4. The number of carbonyl (C=O) groups excluding carboxylic acids is 2. The van der Waals surface area contributed by atoms with Crippen LogP contribution in [0.25, 0.3) is 0 Å². The Morgan fingerprint density at radius 2 is 2.39 bits per heavy atom. The highest BCUT2D eigenvalue weighted by Crippen LogP contribution is 2.20. The zero-order valence-electron chi connectivity index (χ0n) is 9.21. The second-order valence-corrected chi connectivity index (χ2v) is 4.51. The minimum Gasteiger partial charge on any atom is -0.368 e. The SMILES string of the molecule is NC(=O)CONC(=O)c1cnc2n(c1=O)CCS2. The Morgan fingerprint density at radius 1 is 1.61 bits per heavy atom. The fraction of sp³-hybridized carbons (Fsp3) is 0.333. The third-order valence-electron chi connectivity index (χ3n) is 2.18. The fourth-order valence-corrected chi connectivity index (χ4v) is 2.31. The summed E-state index contributed by atoms with van der Waals surface area (Å²) in [6, 6.07) is 0. The van der Waals surface area contributed by atoms with Gasteiger partial charge in [-0.3, -0.25) is 23.8 Å². The van der Waals surface area contributed by atoms with Crippen LogP contribution in [0.1, 0.15) is 10.4 Å². The summed E-state index contributed by atoms with van der Waals surface area (Å²) in [7, 11) is 0. The molecule has 0 aliphatic carbocycles. The third-order valence-corrected chi connectivity index (χ3v) is 3.15. The standard InChI is InChI=1S/C9H10N4O4S/c10-6(14)4-17-12-7(15)5-3-11-9-13(8(5)16)1-2-18-9/h3H,1-2,4H2,(H2,10,14)(H,12,15). The van der Waals surface area contributed by atoms with E-state index in [1.165, 1.54) is 22.5 Å². The molecule has 2 amide bonds. The van der Waals surface area contributed by atoms with E-state index in [4.69, 9.17) is 5.73 Å². The van der Waals surface area contributed by atoms with E-state index in [9.17, 15) is 14.4 Å². The van der Waals surface area contributed by atoms with Crippen LogP contribution in [0.2, 0.25) is 0 Å². The molecule has 0 bridgehead atoms. The van der Waals surface area contributed by atoms with Crippen molar-refractivity contribution in [2.75, 3.05) is 12.4 Å². The number of fused-ring (bicyclic) bond motifs is 1. The number of nitrogens with one attached hydrogen (secondary N) is 1. The first-order chi connectivity index (χ1) is 8.59. The largest absolute Gasteiger partial charge is 0.368 e. The van der Waals surface area contributed by atoms with Crippen molar-refractivity contribution in [3.05, 3.63) is 22.1 Å². The molecule has 3 N–H and O–H groups in total. The number of nitrogens with zero attached hydrogens (tertiary/aromatic N) is 2. The number of hydroxylamine groups is 1. The Labute approximate surface area is 105 Å². The van der Waals surface area contributed by atoms with Gasteiger partial charge in [-0.15, -0.1) is 0 Å². The van der Waals surface area contributed by atoms with Gasteiger partial charge in [-0.05, 0) is 0 Å². The quantitative estimate of drug-likeness (QED) is 0.508. The van der Waals surface area contributed by atoms with Gasteiger partial charge in [0, 0.05) is 18.5 Å². The molecular weight excluding hydrogens is 260 g/mol. The van der Waals surface area contributed by atoms with E-state index in [0.717, 1.165) is 5.75 Å². The van der Waals surface area contributed by atoms with Gasteiger partial charge >= 0.3 is 0 Å². The van der Waals surface area contributed by atoms with Crippen LogP contribution in [0, 0.1) is 0 Å². The summed E-state index contributed by atoms with van der Waals surface area (Å²) in [5.41, 5.74) is 6.23. The van der Waals surface area contributed by atoms with Crippen molar-refractivity contribution < 1.29 is 14.4 Å². The predicted molar refractivity (Wildman–Crippen MR) is 61.8 cm³/mol. The molecule has 0 fully saturated rings. The first-order valence-electron chi connectivity index (χ1n) is 5.02. The Kier molecular flexibility index (Phi) is 3.63. The molecule has 1 aliphatic heterocycles. The van der Waals surface area contributed by atoms with Crippen molar-refractivity contribution >= 4 is 23.6 Å². The first-order valence-corrected chi connectivity index (χ1v) is 6.01. The lowest BCUT2D eigenvalue weighted by molar-refractivity contribution is -0.124. The van der Waals surface area contributed by atoms with E-state index in [1.807, 2.05) is 5.48 Å². The number of amides is 2. The van der Waals surface area contributed by atoms with Crippen molar-refractivity contribution in [2.24, 2.45) is 5.73 Å². The zero-order chi connectivity index (χ0) is 13.1. The lowest BCUT2D eigenvalue weighted by atomic mass is 10.3. The van der Waals surface area contributed by atoms with Gasteiger partial charge in [0.1, 0.15) is 5.56 Å². The molecule has 2 heterocycles. The highest BCUT2D eigenvalue weighted by molar-refractivity contribution is 7.99. The molecule has 0 radical (unpaired) electrons. The van der Waals surface area contributed by atoms with Gasteiger partial charge < -0.3 is 5.73 Å². The average molecular weight is 270 g/mol. The lowest BCUT2D eigenvalue weighted by Crippen LogP contribution is -2.35. The Balaban J connectivity index is 2.12. The number of hydrogen-bond donors (Lipinski definition) is 2. The van der Waals surface area contributed by atoms with Crippen LogP contribution in [-0.2, 0) is 16.2 Å². The van der Waals surface area contributed by atoms with Gasteiger partial charge in [0.05, 0.1) is 0 Å². The minimum atomic E-state index is -0.749. The minimum absolute atomic E-state index is 0.134.